The van der Waals surface area contributed by atoms with E-state index < -0.39 is 10.0 Å². The number of benzene rings is 1. The Hall–Kier alpha value is -2.72. The van der Waals surface area contributed by atoms with Gasteiger partial charge in [0, 0.05) is 20.1 Å². The molecule has 1 aliphatic heterocycles. The maximum Gasteiger partial charge on any atom is 0.277 e. The molecule has 1 aromatic carbocycles. The van der Waals surface area contributed by atoms with Crippen molar-refractivity contribution in [2.24, 2.45) is 13.0 Å². The van der Waals surface area contributed by atoms with Gasteiger partial charge in [0.25, 0.3) is 5.56 Å². The van der Waals surface area contributed by atoms with Crippen LogP contribution in [0, 0.1) is 5.92 Å². The number of aromatic amines is 1. The number of rotatable bonds is 7. The summed E-state index contributed by atoms with van der Waals surface area (Å²) in [6, 6.07) is 4.69. The summed E-state index contributed by atoms with van der Waals surface area (Å²) >= 11 is 0. The minimum absolute atomic E-state index is 0.153. The predicted octanol–water partition coefficient (Wildman–Crippen LogP) is 2.32. The van der Waals surface area contributed by atoms with Gasteiger partial charge < -0.3 is 9.72 Å². The molecule has 0 amide bonds. The van der Waals surface area contributed by atoms with Crippen molar-refractivity contribution in [2.75, 3.05) is 19.7 Å². The molecule has 0 aliphatic carbocycles. The number of hydrogen-bond acceptors (Lipinski definition) is 6. The van der Waals surface area contributed by atoms with Crippen LogP contribution in [0.25, 0.3) is 22.4 Å². The average molecular weight is 446 g/mol. The molecule has 166 valence electrons. The summed E-state index contributed by atoms with van der Waals surface area (Å²) in [4.78, 5) is 20.5. The largest absolute Gasteiger partial charge is 0.493 e. The van der Waals surface area contributed by atoms with E-state index in [1.807, 2.05) is 20.8 Å². The van der Waals surface area contributed by atoms with Crippen molar-refractivity contribution < 1.29 is 13.2 Å². The Morgan fingerprint density at radius 1 is 1.26 bits per heavy atom. The van der Waals surface area contributed by atoms with E-state index in [1.54, 1.807) is 13.1 Å². The molecule has 0 atom stereocenters. The summed E-state index contributed by atoms with van der Waals surface area (Å²) < 4.78 is 34.7. The molecule has 0 bridgehead atoms. The quantitative estimate of drug-likeness (QED) is 0.598. The molecule has 9 nitrogen and oxygen atoms in total. The first-order valence-electron chi connectivity index (χ1n) is 10.5. The minimum Gasteiger partial charge on any atom is -0.493 e. The summed E-state index contributed by atoms with van der Waals surface area (Å²) in [5.74, 6) is 1.07. The van der Waals surface area contributed by atoms with Gasteiger partial charge >= 0.3 is 0 Å². The molecule has 0 spiro atoms. The maximum absolute atomic E-state index is 13.0. The fourth-order valence-electron chi connectivity index (χ4n) is 3.90. The van der Waals surface area contributed by atoms with Crippen molar-refractivity contribution in [1.82, 2.24) is 24.1 Å². The van der Waals surface area contributed by atoms with Crippen LogP contribution < -0.4 is 10.3 Å². The Morgan fingerprint density at radius 3 is 2.65 bits per heavy atom. The van der Waals surface area contributed by atoms with Crippen LogP contribution in [0.3, 0.4) is 0 Å². The summed E-state index contributed by atoms with van der Waals surface area (Å²) in [5.41, 5.74) is 1.76. The van der Waals surface area contributed by atoms with Crippen molar-refractivity contribution in [3.8, 4) is 17.1 Å². The van der Waals surface area contributed by atoms with E-state index in [0.717, 1.165) is 12.1 Å². The number of sulfonamides is 1. The first-order chi connectivity index (χ1) is 14.8. The highest BCUT2D eigenvalue weighted by atomic mass is 32.2. The van der Waals surface area contributed by atoms with Crippen molar-refractivity contribution in [3.63, 3.8) is 0 Å². The van der Waals surface area contributed by atoms with E-state index in [2.05, 4.69) is 15.1 Å². The highest BCUT2D eigenvalue weighted by Crippen LogP contribution is 2.33. The van der Waals surface area contributed by atoms with Crippen LogP contribution in [-0.2, 0) is 23.5 Å². The topological polar surface area (TPSA) is 110 Å². The van der Waals surface area contributed by atoms with Gasteiger partial charge in [-0.3, -0.25) is 9.48 Å². The highest BCUT2D eigenvalue weighted by Gasteiger charge is 2.34. The van der Waals surface area contributed by atoms with Crippen molar-refractivity contribution in [1.29, 1.82) is 0 Å². The summed E-state index contributed by atoms with van der Waals surface area (Å²) in [6.45, 7) is 7.29. The zero-order chi connectivity index (χ0) is 22.3. The third-order valence-electron chi connectivity index (χ3n) is 5.42. The van der Waals surface area contributed by atoms with Gasteiger partial charge in [0.1, 0.15) is 17.1 Å². The Kier molecular flexibility index (Phi) is 5.61. The second-order valence-corrected chi connectivity index (χ2v) is 9.89. The van der Waals surface area contributed by atoms with E-state index in [9.17, 15) is 13.2 Å². The summed E-state index contributed by atoms with van der Waals surface area (Å²) in [7, 11) is -1.91. The molecule has 10 heteroatoms. The standard InChI is InChI=1S/C21H27N5O4S/c1-5-7-16-18-19(25(4)24-16)21(27)23-20(22-18)15-10-14(8-9-17(15)30-6-2)31(28,29)26-11-13(3)12-26/h8-10,13H,5-7,11-12H2,1-4H3,(H,22,23,27). The van der Waals surface area contributed by atoms with Gasteiger partial charge in [-0.2, -0.15) is 9.40 Å². The summed E-state index contributed by atoms with van der Waals surface area (Å²) in [6.07, 6.45) is 1.55. The van der Waals surface area contributed by atoms with Gasteiger partial charge in [-0.1, -0.05) is 20.3 Å². The molecule has 0 radical (unpaired) electrons. The predicted molar refractivity (Wildman–Crippen MR) is 118 cm³/mol. The number of aryl methyl sites for hydroxylation is 2. The second-order valence-electron chi connectivity index (χ2n) is 7.95. The molecule has 0 unspecified atom stereocenters. The van der Waals surface area contributed by atoms with E-state index in [1.165, 1.54) is 21.1 Å². The fourth-order valence-corrected chi connectivity index (χ4v) is 5.61. The van der Waals surface area contributed by atoms with Gasteiger partial charge in [0.15, 0.2) is 5.52 Å². The lowest BCUT2D eigenvalue weighted by molar-refractivity contribution is 0.218. The fraction of sp³-hybridized carbons (Fsp3) is 0.476. The van der Waals surface area contributed by atoms with Gasteiger partial charge in [-0.25, -0.2) is 13.4 Å². The number of fused-ring (bicyclic) bond motifs is 1. The molecular formula is C21H27N5O4S. The van der Waals surface area contributed by atoms with Gasteiger partial charge in [-0.15, -0.1) is 0 Å². The Bertz CT molecular complexity index is 1290. The Balaban J connectivity index is 1.89. The Labute approximate surface area is 181 Å². The number of nitrogens with one attached hydrogen (secondary N) is 1. The lowest BCUT2D eigenvalue weighted by Crippen LogP contribution is -2.48. The van der Waals surface area contributed by atoms with E-state index in [0.29, 0.717) is 54.4 Å². The molecule has 31 heavy (non-hydrogen) atoms. The molecule has 0 saturated carbocycles. The molecule has 3 aromatic rings. The summed E-state index contributed by atoms with van der Waals surface area (Å²) in [5, 5.41) is 4.44. The molecule has 1 aliphatic rings. The van der Waals surface area contributed by atoms with Gasteiger partial charge in [0.05, 0.1) is 22.8 Å². The number of nitrogens with zero attached hydrogens (tertiary/aromatic N) is 4. The maximum atomic E-state index is 13.0. The van der Waals surface area contributed by atoms with Crippen LogP contribution in [-0.4, -0.2) is 52.2 Å². The first kappa shape index (κ1) is 21.5. The number of aromatic nitrogens is 4. The zero-order valence-electron chi connectivity index (χ0n) is 18.2. The molecule has 4 rings (SSSR count). The third kappa shape index (κ3) is 3.74. The number of hydrogen-bond donors (Lipinski definition) is 1. The van der Waals surface area contributed by atoms with Crippen LogP contribution in [0.15, 0.2) is 27.9 Å². The Morgan fingerprint density at radius 2 is 2.00 bits per heavy atom. The lowest BCUT2D eigenvalue weighted by Gasteiger charge is -2.35. The van der Waals surface area contributed by atoms with Gasteiger partial charge in [0.2, 0.25) is 10.0 Å². The van der Waals surface area contributed by atoms with Crippen molar-refractivity contribution in [2.45, 2.75) is 38.5 Å². The lowest BCUT2D eigenvalue weighted by atomic mass is 10.1. The smallest absolute Gasteiger partial charge is 0.277 e. The molecule has 3 heterocycles. The second kappa shape index (κ2) is 8.08. The zero-order valence-corrected chi connectivity index (χ0v) is 19.0. The number of H-pyrrole nitrogens is 1. The molecule has 1 saturated heterocycles. The molecule has 1 fully saturated rings. The monoisotopic (exact) mass is 445 g/mol. The van der Waals surface area contributed by atoms with Crippen LogP contribution in [0.1, 0.15) is 32.9 Å². The average Bonchev–Trinajstić information content (AvgIpc) is 3.02. The van der Waals surface area contributed by atoms with Crippen LogP contribution in [0.4, 0.5) is 0 Å². The van der Waals surface area contributed by atoms with E-state index >= 15 is 0 Å². The molecule has 1 N–H and O–H groups in total. The highest BCUT2D eigenvalue weighted by molar-refractivity contribution is 7.89. The SMILES string of the molecule is CCCc1nn(C)c2c(=O)[nH]c(-c3cc(S(=O)(=O)N4CC(C)C4)ccc3OCC)nc12. The molecular weight excluding hydrogens is 418 g/mol. The number of ether oxygens (including phenoxy) is 1. The molecule has 2 aromatic heterocycles. The van der Waals surface area contributed by atoms with E-state index in [4.69, 9.17) is 4.74 Å². The first-order valence-corrected chi connectivity index (χ1v) is 11.9. The third-order valence-corrected chi connectivity index (χ3v) is 7.25. The minimum atomic E-state index is -3.62. The normalized spacial score (nSPS) is 15.4. The van der Waals surface area contributed by atoms with Gasteiger partial charge in [-0.05, 0) is 37.5 Å². The van der Waals surface area contributed by atoms with Crippen LogP contribution in [0.2, 0.25) is 0 Å². The van der Waals surface area contributed by atoms with Crippen LogP contribution in [0.5, 0.6) is 5.75 Å². The van der Waals surface area contributed by atoms with Crippen molar-refractivity contribution in [3.05, 3.63) is 34.2 Å². The van der Waals surface area contributed by atoms with Crippen molar-refractivity contribution >= 4 is 21.1 Å². The van der Waals surface area contributed by atoms with E-state index in [-0.39, 0.29) is 16.3 Å². The van der Waals surface area contributed by atoms with Crippen LogP contribution >= 0.6 is 0 Å².